The molecule has 25 valence electrons. The fourth-order valence-corrected chi connectivity index (χ4v) is 0. The zero-order chi connectivity index (χ0) is 0. The van der Waals surface area contributed by atoms with Crippen molar-refractivity contribution in [2.75, 3.05) is 0 Å². The quantitative estimate of drug-likeness (QED) is 0.410. The molecule has 0 aliphatic rings. The van der Waals surface area contributed by atoms with Gasteiger partial charge in [0.15, 0.2) is 0 Å². The molecular formula is H4O2SbTi. The molecule has 0 saturated heterocycles. The monoisotopic (exact) mass is 205 g/mol. The zero-order valence-electron chi connectivity index (χ0n) is 1.95. The van der Waals surface area contributed by atoms with E-state index in [1.807, 2.05) is 0 Å². The average Bonchev–Trinajstić information content (AvgIpc) is 0. The Morgan fingerprint density at radius 2 is 0.750 bits per heavy atom. The zero-order valence-corrected chi connectivity index (χ0v) is 6.06. The molecule has 3 radical (unpaired) electrons. The van der Waals surface area contributed by atoms with Crippen molar-refractivity contribution < 1.29 is 32.7 Å². The van der Waals surface area contributed by atoms with Crippen molar-refractivity contribution in [3.8, 4) is 0 Å². The maximum absolute atomic E-state index is 0. The normalized spacial score (nSPS) is 0. The molecule has 0 aromatic rings. The Balaban J connectivity index is 0. The summed E-state index contributed by atoms with van der Waals surface area (Å²) in [6.07, 6.45) is 0. The summed E-state index contributed by atoms with van der Waals surface area (Å²) in [7, 11) is 0. The van der Waals surface area contributed by atoms with Crippen LogP contribution in [0.25, 0.3) is 0 Å². The van der Waals surface area contributed by atoms with Crippen molar-refractivity contribution in [2.45, 2.75) is 0 Å². The summed E-state index contributed by atoms with van der Waals surface area (Å²) in [5.74, 6) is 0. The Bertz CT molecular complexity index is 6.00. The van der Waals surface area contributed by atoms with Crippen LogP contribution in [-0.2, 0) is 21.7 Å². The topological polar surface area (TPSA) is 63.0 Å². The van der Waals surface area contributed by atoms with Gasteiger partial charge in [-0.3, -0.25) is 0 Å². The molecule has 0 aliphatic carbocycles. The van der Waals surface area contributed by atoms with E-state index in [0.717, 1.165) is 0 Å². The Hall–Kier alpha value is 1.45. The van der Waals surface area contributed by atoms with Crippen molar-refractivity contribution in [1.29, 1.82) is 0 Å². The van der Waals surface area contributed by atoms with Crippen LogP contribution in [0.5, 0.6) is 0 Å². The minimum atomic E-state index is 0. The first-order chi connectivity index (χ1) is 0. The number of hydrogen-bond acceptors (Lipinski definition) is 0. The van der Waals surface area contributed by atoms with E-state index in [4.69, 9.17) is 0 Å². The van der Waals surface area contributed by atoms with Gasteiger partial charge in [-0.1, -0.05) is 0 Å². The van der Waals surface area contributed by atoms with Gasteiger partial charge in [-0.2, -0.15) is 0 Å². The third kappa shape index (κ3) is 9.84. The molecule has 0 bridgehead atoms. The van der Waals surface area contributed by atoms with Crippen LogP contribution in [0.2, 0.25) is 0 Å². The summed E-state index contributed by atoms with van der Waals surface area (Å²) in [4.78, 5) is 0. The maximum atomic E-state index is 0. The summed E-state index contributed by atoms with van der Waals surface area (Å²) in [6, 6.07) is 0. The van der Waals surface area contributed by atoms with Gasteiger partial charge in [-0.25, -0.2) is 0 Å². The summed E-state index contributed by atoms with van der Waals surface area (Å²) < 4.78 is 0. The number of rotatable bonds is 0. The van der Waals surface area contributed by atoms with Crippen LogP contribution in [0.4, 0.5) is 0 Å². The molecule has 0 aromatic carbocycles. The summed E-state index contributed by atoms with van der Waals surface area (Å²) in [5.41, 5.74) is 0. The second-order valence-electron chi connectivity index (χ2n) is 0. The molecule has 0 amide bonds. The van der Waals surface area contributed by atoms with Gasteiger partial charge in [0, 0.05) is 46.1 Å². The molecule has 4 heavy (non-hydrogen) atoms. The van der Waals surface area contributed by atoms with Crippen molar-refractivity contribution in [1.82, 2.24) is 0 Å². The predicted octanol–water partition coefficient (Wildman–Crippen LogP) is -2.03. The first-order valence-electron chi connectivity index (χ1n) is 0. The van der Waals surface area contributed by atoms with Crippen molar-refractivity contribution in [2.24, 2.45) is 0 Å². The molecular weight excluding hydrogens is 202 g/mol. The Morgan fingerprint density at radius 3 is 0.750 bits per heavy atom. The first kappa shape index (κ1) is 51.2. The van der Waals surface area contributed by atoms with Crippen LogP contribution >= 0.6 is 0 Å². The molecule has 0 aromatic heterocycles. The Kier molecular flexibility index (Phi) is 322. The van der Waals surface area contributed by atoms with Crippen molar-refractivity contribution in [3.05, 3.63) is 0 Å². The summed E-state index contributed by atoms with van der Waals surface area (Å²) in [6.45, 7) is 0. The molecule has 0 unspecified atom stereocenters. The molecule has 2 nitrogen and oxygen atoms in total. The van der Waals surface area contributed by atoms with Crippen LogP contribution < -0.4 is 0 Å². The van der Waals surface area contributed by atoms with Gasteiger partial charge < -0.3 is 11.0 Å². The Morgan fingerprint density at radius 1 is 0.750 bits per heavy atom. The van der Waals surface area contributed by atoms with Crippen LogP contribution in [0, 0.1) is 0 Å². The van der Waals surface area contributed by atoms with Crippen molar-refractivity contribution in [3.63, 3.8) is 0 Å². The maximum Gasteiger partial charge on any atom is 0 e. The van der Waals surface area contributed by atoms with Gasteiger partial charge in [0.25, 0.3) is 0 Å². The van der Waals surface area contributed by atoms with E-state index < -0.39 is 0 Å². The van der Waals surface area contributed by atoms with Crippen LogP contribution in [0.15, 0.2) is 0 Å². The molecule has 0 rings (SSSR count). The van der Waals surface area contributed by atoms with Crippen LogP contribution in [0.1, 0.15) is 0 Å². The van der Waals surface area contributed by atoms with Gasteiger partial charge in [0.05, 0.1) is 0 Å². The fourth-order valence-electron chi connectivity index (χ4n) is 0. The SMILES string of the molecule is O.O.[Sb].[Ti]. The van der Waals surface area contributed by atoms with E-state index in [-0.39, 0.29) is 57.1 Å². The van der Waals surface area contributed by atoms with Crippen LogP contribution in [0.3, 0.4) is 0 Å². The van der Waals surface area contributed by atoms with Gasteiger partial charge in [0.2, 0.25) is 0 Å². The summed E-state index contributed by atoms with van der Waals surface area (Å²) in [5, 5.41) is 0. The molecule has 0 spiro atoms. The van der Waals surface area contributed by atoms with Gasteiger partial charge >= 0.3 is 0 Å². The van der Waals surface area contributed by atoms with Gasteiger partial charge in [0.1, 0.15) is 0 Å². The summed E-state index contributed by atoms with van der Waals surface area (Å²) >= 11 is 0. The van der Waals surface area contributed by atoms with E-state index in [1.54, 1.807) is 0 Å². The largest absolute Gasteiger partial charge is 0.412 e. The third-order valence-corrected chi connectivity index (χ3v) is 0. The average molecular weight is 206 g/mol. The van der Waals surface area contributed by atoms with E-state index in [9.17, 15) is 0 Å². The van der Waals surface area contributed by atoms with E-state index in [0.29, 0.717) is 0 Å². The molecule has 0 saturated carbocycles. The second kappa shape index (κ2) is 25.2. The minimum Gasteiger partial charge on any atom is -0.412 e. The molecule has 4 heteroatoms. The number of hydrogen-bond donors (Lipinski definition) is 0. The molecule has 0 atom stereocenters. The van der Waals surface area contributed by atoms with E-state index in [1.165, 1.54) is 0 Å². The predicted molar refractivity (Wildman–Crippen MR) is 13.0 cm³/mol. The van der Waals surface area contributed by atoms with Gasteiger partial charge in [-0.15, -0.1) is 0 Å². The molecule has 4 N–H and O–H groups in total. The standard InChI is InChI=1S/2H2O.Sb.Ti/h2*1H2;;. The first-order valence-corrected chi connectivity index (χ1v) is 0. The second-order valence-corrected chi connectivity index (χ2v) is 0. The Labute approximate surface area is 56.9 Å². The third-order valence-electron chi connectivity index (χ3n) is 0. The van der Waals surface area contributed by atoms with Gasteiger partial charge in [-0.05, 0) is 0 Å². The smallest absolute Gasteiger partial charge is 0 e. The molecule has 0 fully saturated rings. The molecule has 0 aliphatic heterocycles. The van der Waals surface area contributed by atoms with E-state index >= 15 is 0 Å². The molecule has 0 heterocycles. The fraction of sp³-hybridized carbons (Fsp3) is 0. The minimum absolute atomic E-state index is 0. The van der Waals surface area contributed by atoms with E-state index in [2.05, 4.69) is 0 Å². The van der Waals surface area contributed by atoms with Crippen LogP contribution in [-0.4, -0.2) is 35.4 Å². The van der Waals surface area contributed by atoms with Crippen molar-refractivity contribution >= 4 is 24.4 Å².